The summed E-state index contributed by atoms with van der Waals surface area (Å²) in [6, 6.07) is 71.9. The molecule has 0 saturated heterocycles. The molecule has 1 heterocycles. The molecule has 11 aromatic carbocycles. The number of benzene rings is 11. The summed E-state index contributed by atoms with van der Waals surface area (Å²) in [6.45, 7) is 4.70. The van der Waals surface area contributed by atoms with Crippen LogP contribution in [-0.4, -0.2) is 0 Å². The van der Waals surface area contributed by atoms with Gasteiger partial charge in [0, 0.05) is 21.8 Å². The van der Waals surface area contributed by atoms with Gasteiger partial charge in [-0.3, -0.25) is 0 Å². The third kappa shape index (κ3) is 4.58. The highest BCUT2D eigenvalue weighted by atomic mass is 16.3. The quantitative estimate of drug-likeness (QED) is 0.163. The Morgan fingerprint density at radius 2 is 0.850 bits per heavy atom. The number of hydrogen-bond acceptors (Lipinski definition) is 1. The molecule has 0 bridgehead atoms. The van der Waals surface area contributed by atoms with E-state index in [0.717, 1.165) is 11.2 Å². The molecule has 1 aliphatic rings. The van der Waals surface area contributed by atoms with Crippen molar-refractivity contribution in [2.24, 2.45) is 0 Å². The molecular weight excluding hydrogens is 725 g/mol. The first kappa shape index (κ1) is 33.5. The van der Waals surface area contributed by atoms with E-state index in [1.54, 1.807) is 0 Å². The summed E-state index contributed by atoms with van der Waals surface area (Å²) in [5.41, 5.74) is 14.4. The molecule has 0 atom stereocenters. The zero-order chi connectivity index (χ0) is 39.7. The molecule has 13 rings (SSSR count). The second kappa shape index (κ2) is 12.3. The van der Waals surface area contributed by atoms with Crippen LogP contribution in [0.1, 0.15) is 25.0 Å². The fraction of sp³-hybridized carbons (Fsp3) is 0.0508. The Morgan fingerprint density at radius 1 is 0.333 bits per heavy atom. The first-order valence-corrected chi connectivity index (χ1v) is 21.0. The first-order valence-electron chi connectivity index (χ1n) is 21.0. The van der Waals surface area contributed by atoms with E-state index in [-0.39, 0.29) is 5.41 Å². The SMILES string of the molecule is CC1(C)c2ccc(-c3ccc(-c4c5ccccc5c(-c5cccc6ccccc56)c5ccccc45)c4ccccc34)cc2-c2ccc3c(oc4cc5ccccc5cc43)c21. The standard InChI is InChI=1S/C59H38O/c1-59(2)53-31-26-38(33-51(53)49-29-30-50-52-32-36-15-3-4-16-37(36)34-54(52)60-58(50)57(49)59)40-27-28-48(42-20-8-7-19-41(40)42)56-46-23-11-9-21-44(46)55(45-22-10-12-24-47(45)56)43-25-13-17-35-14-5-6-18-39(35)43/h3-34H,1-2H3. The zero-order valence-corrected chi connectivity index (χ0v) is 33.4. The Balaban J connectivity index is 1.01. The zero-order valence-electron chi connectivity index (χ0n) is 33.4. The third-order valence-electron chi connectivity index (χ3n) is 13.6. The average Bonchev–Trinajstić information content (AvgIpc) is 3.77. The molecule has 0 radical (unpaired) electrons. The van der Waals surface area contributed by atoms with Gasteiger partial charge in [-0.15, -0.1) is 0 Å². The second-order valence-electron chi connectivity index (χ2n) is 17.1. The smallest absolute Gasteiger partial charge is 0.140 e. The van der Waals surface area contributed by atoms with Crippen LogP contribution in [0.15, 0.2) is 199 Å². The lowest BCUT2D eigenvalue weighted by atomic mass is 9.81. The molecule has 0 aliphatic heterocycles. The lowest BCUT2D eigenvalue weighted by molar-refractivity contribution is 0.620. The lowest BCUT2D eigenvalue weighted by Gasteiger charge is -2.22. The molecule has 280 valence electrons. The molecule has 60 heavy (non-hydrogen) atoms. The van der Waals surface area contributed by atoms with Gasteiger partial charge in [-0.2, -0.15) is 0 Å². The van der Waals surface area contributed by atoms with Gasteiger partial charge in [0.2, 0.25) is 0 Å². The highest BCUT2D eigenvalue weighted by Gasteiger charge is 2.39. The van der Waals surface area contributed by atoms with E-state index >= 15 is 0 Å². The summed E-state index contributed by atoms with van der Waals surface area (Å²) in [7, 11) is 0. The highest BCUT2D eigenvalue weighted by Crippen LogP contribution is 2.54. The van der Waals surface area contributed by atoms with E-state index in [0.29, 0.717) is 0 Å². The molecule has 0 fully saturated rings. The van der Waals surface area contributed by atoms with E-state index in [2.05, 4.69) is 208 Å². The van der Waals surface area contributed by atoms with Gasteiger partial charge < -0.3 is 4.42 Å². The van der Waals surface area contributed by atoms with Crippen LogP contribution < -0.4 is 0 Å². The van der Waals surface area contributed by atoms with Crippen LogP contribution in [0.2, 0.25) is 0 Å². The Labute approximate surface area is 347 Å². The maximum atomic E-state index is 6.81. The number of furan rings is 1. The molecule has 0 spiro atoms. The van der Waals surface area contributed by atoms with Crippen molar-refractivity contribution in [3.05, 3.63) is 205 Å². The molecule has 0 saturated carbocycles. The second-order valence-corrected chi connectivity index (χ2v) is 17.1. The van der Waals surface area contributed by atoms with Gasteiger partial charge in [-0.1, -0.05) is 184 Å². The summed E-state index contributed by atoms with van der Waals surface area (Å²) in [5.74, 6) is 0. The van der Waals surface area contributed by atoms with Crippen LogP contribution in [0, 0.1) is 0 Å². The normalized spacial score (nSPS) is 13.3. The van der Waals surface area contributed by atoms with Crippen molar-refractivity contribution in [1.82, 2.24) is 0 Å². The number of fused-ring (bicyclic) bond motifs is 12. The van der Waals surface area contributed by atoms with Gasteiger partial charge in [-0.25, -0.2) is 0 Å². The first-order chi connectivity index (χ1) is 29.5. The Hall–Kier alpha value is -7.48. The van der Waals surface area contributed by atoms with Crippen LogP contribution in [0.25, 0.3) is 120 Å². The minimum Gasteiger partial charge on any atom is -0.456 e. The van der Waals surface area contributed by atoms with Crippen molar-refractivity contribution in [3.63, 3.8) is 0 Å². The van der Waals surface area contributed by atoms with Crippen LogP contribution in [0.4, 0.5) is 0 Å². The summed E-state index contributed by atoms with van der Waals surface area (Å²) < 4.78 is 6.81. The van der Waals surface area contributed by atoms with Gasteiger partial charge >= 0.3 is 0 Å². The summed E-state index contributed by atoms with van der Waals surface area (Å²) >= 11 is 0. The topological polar surface area (TPSA) is 13.1 Å². The predicted molar refractivity (Wildman–Crippen MR) is 255 cm³/mol. The maximum Gasteiger partial charge on any atom is 0.140 e. The summed E-state index contributed by atoms with van der Waals surface area (Å²) in [4.78, 5) is 0. The predicted octanol–water partition coefficient (Wildman–Crippen LogP) is 16.7. The van der Waals surface area contributed by atoms with E-state index in [1.165, 1.54) is 120 Å². The monoisotopic (exact) mass is 762 g/mol. The molecule has 1 heteroatoms. The van der Waals surface area contributed by atoms with Crippen molar-refractivity contribution in [3.8, 4) is 44.5 Å². The van der Waals surface area contributed by atoms with Crippen molar-refractivity contribution >= 4 is 75.8 Å². The van der Waals surface area contributed by atoms with E-state index in [9.17, 15) is 0 Å². The largest absolute Gasteiger partial charge is 0.456 e. The third-order valence-corrected chi connectivity index (χ3v) is 13.6. The molecule has 1 aromatic heterocycles. The molecule has 12 aromatic rings. The minimum absolute atomic E-state index is 0.220. The van der Waals surface area contributed by atoms with Crippen molar-refractivity contribution in [2.75, 3.05) is 0 Å². The van der Waals surface area contributed by atoms with Crippen LogP contribution in [0.3, 0.4) is 0 Å². The van der Waals surface area contributed by atoms with E-state index < -0.39 is 0 Å². The van der Waals surface area contributed by atoms with Gasteiger partial charge in [-0.05, 0) is 128 Å². The van der Waals surface area contributed by atoms with Gasteiger partial charge in [0.1, 0.15) is 11.2 Å². The van der Waals surface area contributed by atoms with Crippen molar-refractivity contribution in [1.29, 1.82) is 0 Å². The van der Waals surface area contributed by atoms with Gasteiger partial charge in [0.25, 0.3) is 0 Å². The fourth-order valence-corrected chi connectivity index (χ4v) is 10.9. The molecule has 0 amide bonds. The van der Waals surface area contributed by atoms with Gasteiger partial charge in [0.15, 0.2) is 0 Å². The fourth-order valence-electron chi connectivity index (χ4n) is 10.9. The molecule has 1 nitrogen and oxygen atoms in total. The van der Waals surface area contributed by atoms with Crippen molar-refractivity contribution in [2.45, 2.75) is 19.3 Å². The van der Waals surface area contributed by atoms with Gasteiger partial charge in [0.05, 0.1) is 0 Å². The van der Waals surface area contributed by atoms with E-state index in [4.69, 9.17) is 4.42 Å². The average molecular weight is 763 g/mol. The number of rotatable bonds is 3. The van der Waals surface area contributed by atoms with E-state index in [1.807, 2.05) is 0 Å². The summed E-state index contributed by atoms with van der Waals surface area (Å²) in [6.07, 6.45) is 0. The summed E-state index contributed by atoms with van der Waals surface area (Å²) in [5, 5.41) is 14.9. The number of hydrogen-bond donors (Lipinski definition) is 0. The Bertz CT molecular complexity index is 3740. The van der Waals surface area contributed by atoms with Crippen molar-refractivity contribution < 1.29 is 4.42 Å². The minimum atomic E-state index is -0.220. The Kier molecular flexibility index (Phi) is 6.85. The molecule has 1 aliphatic carbocycles. The van der Waals surface area contributed by atoms with Crippen LogP contribution in [-0.2, 0) is 5.41 Å². The Morgan fingerprint density at radius 3 is 1.53 bits per heavy atom. The highest BCUT2D eigenvalue weighted by molar-refractivity contribution is 6.26. The van der Waals surface area contributed by atoms with Crippen LogP contribution >= 0.6 is 0 Å². The molecular formula is C59H38O. The maximum absolute atomic E-state index is 6.81. The lowest BCUT2D eigenvalue weighted by Crippen LogP contribution is -2.15. The molecule has 0 unspecified atom stereocenters. The molecule has 0 N–H and O–H groups in total. The van der Waals surface area contributed by atoms with Crippen LogP contribution in [0.5, 0.6) is 0 Å².